The van der Waals surface area contributed by atoms with E-state index in [2.05, 4.69) is 70.9 Å². The second kappa shape index (κ2) is 7.96. The number of hydrogen-bond acceptors (Lipinski definition) is 2. The van der Waals surface area contributed by atoms with Gasteiger partial charge in [-0.15, -0.1) is 0 Å². The molecule has 1 N–H and O–H groups in total. The van der Waals surface area contributed by atoms with Gasteiger partial charge in [-0.2, -0.15) is 11.8 Å². The van der Waals surface area contributed by atoms with Crippen LogP contribution in [0.4, 0.5) is 0 Å². The average Bonchev–Trinajstić information content (AvgIpc) is 2.36. The molecule has 0 radical (unpaired) electrons. The molecule has 108 valence electrons. The van der Waals surface area contributed by atoms with Gasteiger partial charge in [-0.25, -0.2) is 0 Å². The van der Waals surface area contributed by atoms with E-state index >= 15 is 0 Å². The van der Waals surface area contributed by atoms with Gasteiger partial charge in [0.2, 0.25) is 0 Å². The Bertz CT molecular complexity index is 377. The van der Waals surface area contributed by atoms with Crippen LogP contribution in [0.15, 0.2) is 12.1 Å². The summed E-state index contributed by atoms with van der Waals surface area (Å²) in [7, 11) is 2.08. The molecule has 0 saturated carbocycles. The molecule has 1 nitrogen and oxygen atoms in total. The summed E-state index contributed by atoms with van der Waals surface area (Å²) in [6.45, 7) is 11.2. The highest BCUT2D eigenvalue weighted by molar-refractivity contribution is 7.99. The Morgan fingerprint density at radius 1 is 1.16 bits per heavy atom. The minimum Gasteiger partial charge on any atom is -0.316 e. The van der Waals surface area contributed by atoms with E-state index < -0.39 is 0 Å². The number of likely N-dealkylation sites (N-methyl/N-ethyl adjacent to an activating group) is 1. The van der Waals surface area contributed by atoms with E-state index in [0.29, 0.717) is 6.04 Å². The third kappa shape index (κ3) is 5.19. The maximum absolute atomic E-state index is 3.48. The van der Waals surface area contributed by atoms with Crippen molar-refractivity contribution in [3.63, 3.8) is 0 Å². The molecular formula is C17H29NS. The van der Waals surface area contributed by atoms with Crippen molar-refractivity contribution in [1.82, 2.24) is 5.32 Å². The van der Waals surface area contributed by atoms with Crippen molar-refractivity contribution in [2.24, 2.45) is 0 Å². The highest BCUT2D eigenvalue weighted by Crippen LogP contribution is 2.21. The van der Waals surface area contributed by atoms with E-state index in [9.17, 15) is 0 Å². The standard InChI is InChI=1S/C17H29NS/c1-7-15(5)19-11-16(18-6)10-17-13(3)8-12(2)9-14(17)4/h8-9,15-16,18H,7,10-11H2,1-6H3. The minimum atomic E-state index is 0.569. The molecule has 2 atom stereocenters. The van der Waals surface area contributed by atoms with Crippen molar-refractivity contribution in [2.75, 3.05) is 12.8 Å². The van der Waals surface area contributed by atoms with Gasteiger partial charge in [0.15, 0.2) is 0 Å². The largest absolute Gasteiger partial charge is 0.316 e. The Morgan fingerprint density at radius 3 is 2.21 bits per heavy atom. The Kier molecular flexibility index (Phi) is 6.95. The first-order chi connectivity index (χ1) is 8.97. The van der Waals surface area contributed by atoms with Crippen molar-refractivity contribution in [2.45, 2.75) is 58.8 Å². The molecule has 0 aliphatic heterocycles. The number of nitrogens with one attached hydrogen (secondary N) is 1. The average molecular weight is 279 g/mol. The summed E-state index contributed by atoms with van der Waals surface area (Å²) in [5, 5.41) is 4.24. The third-order valence-electron chi connectivity index (χ3n) is 3.86. The Hall–Kier alpha value is -0.470. The van der Waals surface area contributed by atoms with Gasteiger partial charge in [0.05, 0.1) is 0 Å². The van der Waals surface area contributed by atoms with Gasteiger partial charge in [0.25, 0.3) is 0 Å². The van der Waals surface area contributed by atoms with Crippen LogP contribution >= 0.6 is 11.8 Å². The molecule has 2 unspecified atom stereocenters. The lowest BCUT2D eigenvalue weighted by atomic mass is 9.95. The maximum atomic E-state index is 3.48. The summed E-state index contributed by atoms with van der Waals surface area (Å²) < 4.78 is 0. The van der Waals surface area contributed by atoms with Crippen LogP contribution in [0.3, 0.4) is 0 Å². The molecule has 1 aromatic rings. The highest BCUT2D eigenvalue weighted by atomic mass is 32.2. The first-order valence-corrected chi connectivity index (χ1v) is 8.38. The van der Waals surface area contributed by atoms with Crippen LogP contribution in [0.2, 0.25) is 0 Å². The summed E-state index contributed by atoms with van der Waals surface area (Å²) >= 11 is 2.08. The molecule has 0 fully saturated rings. The predicted octanol–water partition coefficient (Wildman–Crippen LogP) is 4.27. The van der Waals surface area contributed by atoms with Crippen molar-refractivity contribution in [3.05, 3.63) is 34.4 Å². The number of rotatable bonds is 7. The van der Waals surface area contributed by atoms with Crippen molar-refractivity contribution < 1.29 is 0 Å². The van der Waals surface area contributed by atoms with Gasteiger partial charge in [-0.05, 0) is 57.4 Å². The third-order valence-corrected chi connectivity index (χ3v) is 5.35. The lowest BCUT2D eigenvalue weighted by Gasteiger charge is -2.20. The molecule has 0 bridgehead atoms. The monoisotopic (exact) mass is 279 g/mol. The summed E-state index contributed by atoms with van der Waals surface area (Å²) in [6.07, 6.45) is 2.39. The zero-order valence-corrected chi connectivity index (χ0v) is 14.2. The Labute approximate surface area is 123 Å². The van der Waals surface area contributed by atoms with Gasteiger partial charge in [-0.1, -0.05) is 31.5 Å². The molecule has 1 aromatic carbocycles. The van der Waals surface area contributed by atoms with E-state index in [-0.39, 0.29) is 0 Å². The van der Waals surface area contributed by atoms with Crippen LogP contribution in [0, 0.1) is 20.8 Å². The van der Waals surface area contributed by atoms with E-state index in [1.54, 1.807) is 0 Å². The smallest absolute Gasteiger partial charge is 0.0195 e. The Morgan fingerprint density at radius 2 is 1.74 bits per heavy atom. The van der Waals surface area contributed by atoms with Crippen molar-refractivity contribution in [3.8, 4) is 0 Å². The molecule has 2 heteroatoms. The zero-order chi connectivity index (χ0) is 14.4. The predicted molar refractivity (Wildman–Crippen MR) is 89.4 cm³/mol. The number of hydrogen-bond donors (Lipinski definition) is 1. The number of aryl methyl sites for hydroxylation is 3. The van der Waals surface area contributed by atoms with Crippen molar-refractivity contribution >= 4 is 11.8 Å². The van der Waals surface area contributed by atoms with E-state index in [1.807, 2.05) is 0 Å². The van der Waals surface area contributed by atoms with Crippen LogP contribution in [-0.2, 0) is 6.42 Å². The van der Waals surface area contributed by atoms with Gasteiger partial charge < -0.3 is 5.32 Å². The lowest BCUT2D eigenvalue weighted by Crippen LogP contribution is -2.31. The molecule has 0 spiro atoms. The van der Waals surface area contributed by atoms with Crippen LogP contribution in [0.5, 0.6) is 0 Å². The first-order valence-electron chi connectivity index (χ1n) is 7.33. The van der Waals surface area contributed by atoms with Crippen LogP contribution in [0.25, 0.3) is 0 Å². The van der Waals surface area contributed by atoms with E-state index in [1.165, 1.54) is 34.4 Å². The summed E-state index contributed by atoms with van der Waals surface area (Å²) in [5.41, 5.74) is 5.76. The SMILES string of the molecule is CCC(C)SCC(Cc1c(C)cc(C)cc1C)NC. The molecule has 0 saturated heterocycles. The Balaban J connectivity index is 2.70. The summed E-state index contributed by atoms with van der Waals surface area (Å²) in [4.78, 5) is 0. The van der Waals surface area contributed by atoms with E-state index in [0.717, 1.165) is 11.7 Å². The highest BCUT2D eigenvalue weighted by Gasteiger charge is 2.13. The summed E-state index contributed by atoms with van der Waals surface area (Å²) in [6, 6.07) is 5.17. The topological polar surface area (TPSA) is 12.0 Å². The van der Waals surface area contributed by atoms with Gasteiger partial charge >= 0.3 is 0 Å². The van der Waals surface area contributed by atoms with Crippen LogP contribution in [0.1, 0.15) is 42.5 Å². The fraction of sp³-hybridized carbons (Fsp3) is 0.647. The second-order valence-corrected chi connectivity index (χ2v) is 7.09. The molecular weight excluding hydrogens is 250 g/mol. The van der Waals surface area contributed by atoms with E-state index in [4.69, 9.17) is 0 Å². The summed E-state index contributed by atoms with van der Waals surface area (Å²) in [5.74, 6) is 1.19. The molecule has 0 amide bonds. The van der Waals surface area contributed by atoms with Crippen LogP contribution in [-0.4, -0.2) is 24.1 Å². The van der Waals surface area contributed by atoms with Crippen molar-refractivity contribution in [1.29, 1.82) is 0 Å². The normalized spacial score (nSPS) is 14.4. The first kappa shape index (κ1) is 16.6. The minimum absolute atomic E-state index is 0.569. The number of benzene rings is 1. The lowest BCUT2D eigenvalue weighted by molar-refractivity contribution is 0.612. The van der Waals surface area contributed by atoms with Gasteiger partial charge in [0.1, 0.15) is 0 Å². The molecule has 1 rings (SSSR count). The fourth-order valence-corrected chi connectivity index (χ4v) is 3.50. The molecule has 0 aliphatic rings. The van der Waals surface area contributed by atoms with Gasteiger partial charge in [0, 0.05) is 17.0 Å². The quantitative estimate of drug-likeness (QED) is 0.800. The van der Waals surface area contributed by atoms with Crippen LogP contribution < -0.4 is 5.32 Å². The number of thioether (sulfide) groups is 1. The molecule has 19 heavy (non-hydrogen) atoms. The molecule has 0 aliphatic carbocycles. The molecule has 0 aromatic heterocycles. The zero-order valence-electron chi connectivity index (χ0n) is 13.3. The maximum Gasteiger partial charge on any atom is 0.0195 e. The molecule has 0 heterocycles. The van der Waals surface area contributed by atoms with Gasteiger partial charge in [-0.3, -0.25) is 0 Å². The second-order valence-electron chi connectivity index (χ2n) is 5.62. The fourth-order valence-electron chi connectivity index (χ4n) is 2.42.